The Balaban J connectivity index is 1.41. The number of benzene rings is 1. The zero-order chi connectivity index (χ0) is 16.4. The first-order valence-electron chi connectivity index (χ1n) is 7.91. The molecule has 0 atom stereocenters. The van der Waals surface area contributed by atoms with E-state index in [0.717, 1.165) is 22.1 Å². The number of carbonyl (C=O) groups is 1. The van der Waals surface area contributed by atoms with Crippen molar-refractivity contribution in [2.45, 2.75) is 11.6 Å². The molecule has 0 unspecified atom stereocenters. The minimum absolute atomic E-state index is 0.158. The van der Waals surface area contributed by atoms with Crippen molar-refractivity contribution in [1.82, 2.24) is 25.1 Å². The first-order chi connectivity index (χ1) is 11.8. The number of nitrogens with one attached hydrogen (secondary N) is 1. The van der Waals surface area contributed by atoms with Gasteiger partial charge in [0, 0.05) is 36.2 Å². The molecule has 0 spiro atoms. The monoisotopic (exact) mass is 343 g/mol. The molecule has 3 aromatic rings. The number of hydrogen-bond acceptors (Lipinski definition) is 6. The van der Waals surface area contributed by atoms with Gasteiger partial charge in [-0.15, -0.1) is 10.2 Å². The number of fused-ring (bicyclic) bond motifs is 3. The molecular weight excluding hydrogens is 326 g/mol. The molecule has 1 amide bonds. The molecule has 8 heteroatoms. The molecule has 24 heavy (non-hydrogen) atoms. The highest BCUT2D eigenvalue weighted by Gasteiger charge is 2.16. The molecule has 1 aliphatic heterocycles. The van der Waals surface area contributed by atoms with E-state index in [0.29, 0.717) is 43.6 Å². The first-order valence-corrected chi connectivity index (χ1v) is 8.89. The zero-order valence-corrected chi connectivity index (χ0v) is 13.9. The maximum absolute atomic E-state index is 12.1. The molecule has 4 rings (SSSR count). The van der Waals surface area contributed by atoms with Crippen LogP contribution in [0.2, 0.25) is 0 Å². The van der Waals surface area contributed by atoms with Gasteiger partial charge in [-0.3, -0.25) is 4.79 Å². The van der Waals surface area contributed by atoms with Gasteiger partial charge in [-0.1, -0.05) is 30.0 Å². The lowest BCUT2D eigenvalue weighted by Crippen LogP contribution is -2.40. The fourth-order valence-electron chi connectivity index (χ4n) is 2.77. The van der Waals surface area contributed by atoms with Crippen molar-refractivity contribution in [1.29, 1.82) is 0 Å². The van der Waals surface area contributed by atoms with Gasteiger partial charge in [-0.05, 0) is 6.07 Å². The largest absolute Gasteiger partial charge is 0.378 e. The lowest BCUT2D eigenvalue weighted by molar-refractivity contribution is -0.134. The van der Waals surface area contributed by atoms with E-state index in [4.69, 9.17) is 4.74 Å². The van der Waals surface area contributed by atoms with Crippen molar-refractivity contribution in [3.8, 4) is 0 Å². The van der Waals surface area contributed by atoms with Gasteiger partial charge in [0.05, 0.1) is 13.2 Å². The lowest BCUT2D eigenvalue weighted by atomic mass is 10.2. The molecule has 1 aromatic carbocycles. The summed E-state index contributed by atoms with van der Waals surface area (Å²) in [5.41, 5.74) is 2.51. The van der Waals surface area contributed by atoms with Crippen molar-refractivity contribution in [3.05, 3.63) is 24.3 Å². The second kappa shape index (κ2) is 6.74. The van der Waals surface area contributed by atoms with Crippen LogP contribution in [0.1, 0.15) is 6.42 Å². The number of nitrogens with zero attached hydrogens (tertiary/aromatic N) is 4. The van der Waals surface area contributed by atoms with Gasteiger partial charge in [0.25, 0.3) is 0 Å². The lowest BCUT2D eigenvalue weighted by Gasteiger charge is -2.26. The average Bonchev–Trinajstić information content (AvgIpc) is 3.00. The van der Waals surface area contributed by atoms with Gasteiger partial charge < -0.3 is 14.6 Å². The molecule has 0 saturated carbocycles. The van der Waals surface area contributed by atoms with E-state index in [1.807, 2.05) is 29.2 Å². The van der Waals surface area contributed by atoms with Crippen LogP contribution in [-0.2, 0) is 9.53 Å². The molecule has 1 aliphatic rings. The Morgan fingerprint density at radius 3 is 2.96 bits per heavy atom. The highest BCUT2D eigenvalue weighted by molar-refractivity contribution is 7.99. The van der Waals surface area contributed by atoms with Gasteiger partial charge in [0.15, 0.2) is 5.65 Å². The van der Waals surface area contributed by atoms with Crippen molar-refractivity contribution in [2.24, 2.45) is 0 Å². The molecule has 1 N–H and O–H groups in total. The number of aromatic nitrogens is 4. The fourth-order valence-corrected chi connectivity index (χ4v) is 3.48. The van der Waals surface area contributed by atoms with E-state index in [1.165, 1.54) is 11.8 Å². The predicted octanol–water partition coefficient (Wildman–Crippen LogP) is 1.85. The van der Waals surface area contributed by atoms with Gasteiger partial charge >= 0.3 is 0 Å². The van der Waals surface area contributed by atoms with E-state index in [-0.39, 0.29) is 5.91 Å². The molecule has 3 heterocycles. The number of H-pyrrole nitrogens is 1. The number of morpholine rings is 1. The third-order valence-corrected chi connectivity index (χ3v) is 4.85. The average molecular weight is 343 g/mol. The SMILES string of the molecule is O=C(CCSc1nnc2c(n1)[nH]c1ccccc12)N1CCOCC1. The van der Waals surface area contributed by atoms with Crippen molar-refractivity contribution in [3.63, 3.8) is 0 Å². The quantitative estimate of drug-likeness (QED) is 0.728. The summed E-state index contributed by atoms with van der Waals surface area (Å²) in [5, 5.41) is 10.1. The van der Waals surface area contributed by atoms with E-state index in [9.17, 15) is 4.79 Å². The number of rotatable bonds is 4. The van der Waals surface area contributed by atoms with Crippen LogP contribution in [0.15, 0.2) is 29.4 Å². The normalized spacial score (nSPS) is 15.2. The van der Waals surface area contributed by atoms with Crippen LogP contribution in [-0.4, -0.2) is 63.0 Å². The van der Waals surface area contributed by atoms with E-state index in [2.05, 4.69) is 20.2 Å². The maximum Gasteiger partial charge on any atom is 0.223 e. The van der Waals surface area contributed by atoms with E-state index < -0.39 is 0 Å². The van der Waals surface area contributed by atoms with Crippen LogP contribution in [0.25, 0.3) is 22.1 Å². The minimum atomic E-state index is 0.158. The second-order valence-corrected chi connectivity index (χ2v) is 6.62. The highest BCUT2D eigenvalue weighted by atomic mass is 32.2. The summed E-state index contributed by atoms with van der Waals surface area (Å²) in [6.45, 7) is 2.62. The van der Waals surface area contributed by atoms with Crippen molar-refractivity contribution in [2.75, 3.05) is 32.1 Å². The molecule has 1 saturated heterocycles. The summed E-state index contributed by atoms with van der Waals surface area (Å²) >= 11 is 1.45. The molecule has 7 nitrogen and oxygen atoms in total. The first kappa shape index (κ1) is 15.3. The van der Waals surface area contributed by atoms with Crippen molar-refractivity contribution >= 4 is 39.7 Å². The summed E-state index contributed by atoms with van der Waals surface area (Å²) < 4.78 is 5.26. The van der Waals surface area contributed by atoms with Crippen LogP contribution in [0.3, 0.4) is 0 Å². The van der Waals surface area contributed by atoms with Crippen LogP contribution in [0, 0.1) is 0 Å². The maximum atomic E-state index is 12.1. The number of hydrogen-bond donors (Lipinski definition) is 1. The third kappa shape index (κ3) is 3.07. The molecular formula is C16H17N5O2S. The third-order valence-electron chi connectivity index (χ3n) is 4.01. The smallest absolute Gasteiger partial charge is 0.223 e. The summed E-state index contributed by atoms with van der Waals surface area (Å²) in [6.07, 6.45) is 0.471. The highest BCUT2D eigenvalue weighted by Crippen LogP contribution is 2.23. The second-order valence-electron chi connectivity index (χ2n) is 5.55. The van der Waals surface area contributed by atoms with Crippen LogP contribution >= 0.6 is 11.8 Å². The Hall–Kier alpha value is -2.19. The van der Waals surface area contributed by atoms with Gasteiger partial charge in [-0.2, -0.15) is 0 Å². The molecule has 0 bridgehead atoms. The fraction of sp³-hybridized carbons (Fsp3) is 0.375. The number of carbonyl (C=O) groups excluding carboxylic acids is 1. The van der Waals surface area contributed by atoms with E-state index in [1.54, 1.807) is 0 Å². The summed E-state index contributed by atoms with van der Waals surface area (Å²) in [7, 11) is 0. The Kier molecular flexibility index (Phi) is 4.31. The number of thioether (sulfide) groups is 1. The van der Waals surface area contributed by atoms with Gasteiger partial charge in [-0.25, -0.2) is 4.98 Å². The van der Waals surface area contributed by atoms with Gasteiger partial charge in [0.1, 0.15) is 5.52 Å². The molecule has 124 valence electrons. The topological polar surface area (TPSA) is 84.0 Å². The predicted molar refractivity (Wildman–Crippen MR) is 91.9 cm³/mol. The molecule has 1 fully saturated rings. The number of ether oxygens (including phenoxy) is 1. The summed E-state index contributed by atoms with van der Waals surface area (Å²) in [6, 6.07) is 7.93. The molecule has 0 radical (unpaired) electrons. The Morgan fingerprint density at radius 1 is 1.25 bits per heavy atom. The number of para-hydroxylation sites is 1. The van der Waals surface area contributed by atoms with Crippen LogP contribution in [0.4, 0.5) is 0 Å². The van der Waals surface area contributed by atoms with Crippen molar-refractivity contribution < 1.29 is 9.53 Å². The Bertz CT molecular complexity index is 875. The Labute approximate surface area is 142 Å². The zero-order valence-electron chi connectivity index (χ0n) is 13.1. The van der Waals surface area contributed by atoms with Crippen LogP contribution in [0.5, 0.6) is 0 Å². The van der Waals surface area contributed by atoms with E-state index >= 15 is 0 Å². The van der Waals surface area contributed by atoms with Crippen LogP contribution < -0.4 is 0 Å². The number of aromatic amines is 1. The summed E-state index contributed by atoms with van der Waals surface area (Å²) in [5.74, 6) is 0.800. The molecule has 0 aliphatic carbocycles. The minimum Gasteiger partial charge on any atom is -0.378 e. The Morgan fingerprint density at radius 2 is 2.08 bits per heavy atom. The molecule has 2 aromatic heterocycles. The summed E-state index contributed by atoms with van der Waals surface area (Å²) in [4.78, 5) is 21.7. The number of amides is 1. The standard InChI is InChI=1S/C16H17N5O2S/c22-13(21-6-8-23-9-7-21)5-10-24-16-18-15-14(19-20-16)11-3-1-2-4-12(11)17-15/h1-4H,5-10H2,(H,17,18,20). The van der Waals surface area contributed by atoms with Gasteiger partial charge in [0.2, 0.25) is 11.1 Å².